The molecule has 0 bridgehead atoms. The number of amides is 2. The first-order valence-corrected chi connectivity index (χ1v) is 14.1. The zero-order chi connectivity index (χ0) is 27.2. The van der Waals surface area contributed by atoms with E-state index in [2.05, 4.69) is 5.32 Å². The van der Waals surface area contributed by atoms with Crippen molar-refractivity contribution in [1.82, 2.24) is 10.2 Å². The lowest BCUT2D eigenvalue weighted by Gasteiger charge is -2.32. The van der Waals surface area contributed by atoms with Crippen LogP contribution in [0.1, 0.15) is 32.8 Å². The molecule has 36 heavy (non-hydrogen) atoms. The van der Waals surface area contributed by atoms with Crippen molar-refractivity contribution in [3.8, 4) is 5.75 Å². The van der Waals surface area contributed by atoms with Crippen molar-refractivity contribution in [2.75, 3.05) is 24.2 Å². The molecule has 2 rings (SSSR count). The minimum absolute atomic E-state index is 0.104. The zero-order valence-electron chi connectivity index (χ0n) is 20.7. The Balaban J connectivity index is 2.47. The second-order valence-electron chi connectivity index (χ2n) is 8.30. The van der Waals surface area contributed by atoms with Gasteiger partial charge in [0.15, 0.2) is 0 Å². The Hall–Kier alpha value is -2.20. The summed E-state index contributed by atoms with van der Waals surface area (Å²) in [6.45, 7) is 4.65. The smallest absolute Gasteiger partial charge is 0.244 e. The summed E-state index contributed by atoms with van der Waals surface area (Å²) in [5.74, 6) is -0.667. The van der Waals surface area contributed by atoms with E-state index in [1.165, 1.54) is 30.2 Å². The van der Waals surface area contributed by atoms with Crippen molar-refractivity contribution in [3.05, 3.63) is 57.0 Å². The summed E-state index contributed by atoms with van der Waals surface area (Å²) in [4.78, 5) is 27.8. The van der Waals surface area contributed by atoms with Crippen LogP contribution >= 0.6 is 34.8 Å². The minimum atomic E-state index is -3.91. The Kier molecular flexibility index (Phi) is 10.7. The maximum absolute atomic E-state index is 13.6. The number of halogens is 3. The number of hydrogen-bond acceptors (Lipinski definition) is 5. The van der Waals surface area contributed by atoms with Crippen molar-refractivity contribution < 1.29 is 22.7 Å². The van der Waals surface area contributed by atoms with Gasteiger partial charge < -0.3 is 15.0 Å². The predicted molar refractivity (Wildman–Crippen MR) is 145 cm³/mol. The van der Waals surface area contributed by atoms with E-state index in [0.717, 1.165) is 10.6 Å². The molecule has 2 aromatic rings. The first-order chi connectivity index (χ1) is 16.8. The maximum Gasteiger partial charge on any atom is 0.244 e. The van der Waals surface area contributed by atoms with E-state index in [0.29, 0.717) is 27.8 Å². The molecular weight excluding hydrogens is 549 g/mol. The van der Waals surface area contributed by atoms with Gasteiger partial charge in [-0.1, -0.05) is 47.8 Å². The fourth-order valence-electron chi connectivity index (χ4n) is 3.33. The van der Waals surface area contributed by atoms with Crippen LogP contribution in [-0.2, 0) is 26.2 Å². The Bertz CT molecular complexity index is 1190. The highest BCUT2D eigenvalue weighted by atomic mass is 35.5. The van der Waals surface area contributed by atoms with Gasteiger partial charge >= 0.3 is 0 Å². The number of hydrogen-bond donors (Lipinski definition) is 1. The van der Waals surface area contributed by atoms with E-state index in [1.54, 1.807) is 25.1 Å². The highest BCUT2D eigenvalue weighted by Gasteiger charge is 2.31. The summed E-state index contributed by atoms with van der Waals surface area (Å²) in [6, 6.07) is 8.22. The standard InChI is InChI=1S/C24H30Cl3N3O5S/c1-6-15(2)28-24(32)16(3)29(13-18-19(25)8-7-9-20(18)26)23(31)14-30(36(5,33)34)17-10-11-22(35-4)21(27)12-17/h7-12,15-16H,6,13-14H2,1-5H3,(H,28,32)/t15-,16+/m0/s1. The lowest BCUT2D eigenvalue weighted by molar-refractivity contribution is -0.139. The number of benzene rings is 2. The largest absolute Gasteiger partial charge is 0.495 e. The van der Waals surface area contributed by atoms with Crippen LogP contribution in [0.25, 0.3) is 0 Å². The summed E-state index contributed by atoms with van der Waals surface area (Å²) in [7, 11) is -2.47. The van der Waals surface area contributed by atoms with Crippen molar-refractivity contribution in [1.29, 1.82) is 0 Å². The highest BCUT2D eigenvalue weighted by molar-refractivity contribution is 7.92. The number of rotatable bonds is 11. The quantitative estimate of drug-likeness (QED) is 0.415. The summed E-state index contributed by atoms with van der Waals surface area (Å²) >= 11 is 18.9. The van der Waals surface area contributed by atoms with Gasteiger partial charge in [0.1, 0.15) is 18.3 Å². The normalized spacial score (nSPS) is 13.0. The molecule has 2 amide bonds. The topological polar surface area (TPSA) is 96.0 Å². The Morgan fingerprint density at radius 2 is 1.67 bits per heavy atom. The van der Waals surface area contributed by atoms with Crippen molar-refractivity contribution >= 4 is 62.3 Å². The van der Waals surface area contributed by atoms with Crippen molar-refractivity contribution in [2.24, 2.45) is 0 Å². The van der Waals surface area contributed by atoms with Gasteiger partial charge in [-0.3, -0.25) is 13.9 Å². The second kappa shape index (κ2) is 12.9. The third-order valence-electron chi connectivity index (χ3n) is 5.66. The summed E-state index contributed by atoms with van der Waals surface area (Å²) in [5, 5.41) is 3.66. The van der Waals surface area contributed by atoms with Gasteiger partial charge in [-0.2, -0.15) is 0 Å². The van der Waals surface area contributed by atoms with Gasteiger partial charge in [0.25, 0.3) is 0 Å². The molecule has 12 heteroatoms. The van der Waals surface area contributed by atoms with Crippen LogP contribution in [0.3, 0.4) is 0 Å². The molecular formula is C24H30Cl3N3O5S. The second-order valence-corrected chi connectivity index (χ2v) is 11.4. The van der Waals surface area contributed by atoms with Gasteiger partial charge in [0, 0.05) is 28.2 Å². The number of carbonyl (C=O) groups excluding carboxylic acids is 2. The number of methoxy groups -OCH3 is 1. The highest BCUT2D eigenvalue weighted by Crippen LogP contribution is 2.31. The lowest BCUT2D eigenvalue weighted by Crippen LogP contribution is -2.52. The molecule has 0 unspecified atom stereocenters. The van der Waals surface area contributed by atoms with Gasteiger partial charge in [0.05, 0.1) is 24.1 Å². The van der Waals surface area contributed by atoms with E-state index >= 15 is 0 Å². The first kappa shape index (κ1) is 30.0. The monoisotopic (exact) mass is 577 g/mol. The van der Waals surface area contributed by atoms with Crippen molar-refractivity contribution in [2.45, 2.75) is 45.8 Å². The number of nitrogens with zero attached hydrogens (tertiary/aromatic N) is 2. The van der Waals surface area contributed by atoms with Gasteiger partial charge in [-0.05, 0) is 50.6 Å². The van der Waals surface area contributed by atoms with E-state index in [-0.39, 0.29) is 29.2 Å². The summed E-state index contributed by atoms with van der Waals surface area (Å²) < 4.78 is 31.4. The summed E-state index contributed by atoms with van der Waals surface area (Å²) in [5.41, 5.74) is 0.611. The predicted octanol–water partition coefficient (Wildman–Crippen LogP) is 4.75. The molecule has 0 aromatic heterocycles. The maximum atomic E-state index is 13.6. The molecule has 0 aliphatic rings. The van der Waals surface area contributed by atoms with E-state index in [1.807, 2.05) is 13.8 Å². The molecule has 0 aliphatic heterocycles. The molecule has 0 saturated heterocycles. The molecule has 0 fully saturated rings. The van der Waals surface area contributed by atoms with Crippen LogP contribution < -0.4 is 14.4 Å². The lowest BCUT2D eigenvalue weighted by atomic mass is 10.1. The number of ether oxygens (including phenoxy) is 1. The fraction of sp³-hybridized carbons (Fsp3) is 0.417. The van der Waals surface area contributed by atoms with E-state index in [9.17, 15) is 18.0 Å². The Morgan fingerprint density at radius 3 is 2.17 bits per heavy atom. The van der Waals surface area contributed by atoms with Crippen LogP contribution in [0.15, 0.2) is 36.4 Å². The van der Waals surface area contributed by atoms with Crippen LogP contribution in [0.5, 0.6) is 5.75 Å². The number of nitrogens with one attached hydrogen (secondary N) is 1. The molecule has 0 aliphatic carbocycles. The van der Waals surface area contributed by atoms with E-state index < -0.39 is 28.5 Å². The third kappa shape index (κ3) is 7.65. The SMILES string of the molecule is CC[C@H](C)NC(=O)[C@@H](C)N(Cc1c(Cl)cccc1Cl)C(=O)CN(c1ccc(OC)c(Cl)c1)S(C)(=O)=O. The van der Waals surface area contributed by atoms with Gasteiger partial charge in [-0.15, -0.1) is 0 Å². The van der Waals surface area contributed by atoms with Crippen LogP contribution in [0.4, 0.5) is 5.69 Å². The van der Waals surface area contributed by atoms with Gasteiger partial charge in [-0.25, -0.2) is 8.42 Å². The average Bonchev–Trinajstić information content (AvgIpc) is 2.80. The first-order valence-electron chi connectivity index (χ1n) is 11.1. The summed E-state index contributed by atoms with van der Waals surface area (Å²) in [6.07, 6.45) is 1.68. The van der Waals surface area contributed by atoms with Crippen molar-refractivity contribution in [3.63, 3.8) is 0 Å². The fourth-order valence-corrected chi connectivity index (χ4v) is 4.94. The molecule has 2 atom stereocenters. The molecule has 0 heterocycles. The number of carbonyl (C=O) groups is 2. The minimum Gasteiger partial charge on any atom is -0.495 e. The average molecular weight is 579 g/mol. The number of anilines is 1. The van der Waals surface area contributed by atoms with E-state index in [4.69, 9.17) is 39.5 Å². The molecule has 0 radical (unpaired) electrons. The van der Waals surface area contributed by atoms with Crippen LogP contribution in [0, 0.1) is 0 Å². The molecule has 0 saturated carbocycles. The molecule has 8 nitrogen and oxygen atoms in total. The molecule has 0 spiro atoms. The van der Waals surface area contributed by atoms with Gasteiger partial charge in [0.2, 0.25) is 21.8 Å². The molecule has 2 aromatic carbocycles. The van der Waals surface area contributed by atoms with Crippen LogP contribution in [0.2, 0.25) is 15.1 Å². The zero-order valence-corrected chi connectivity index (χ0v) is 23.8. The van der Waals surface area contributed by atoms with Crippen LogP contribution in [-0.4, -0.2) is 57.1 Å². The number of sulfonamides is 1. The molecule has 198 valence electrons. The third-order valence-corrected chi connectivity index (χ3v) is 7.81. The molecule has 1 N–H and O–H groups in total. The Labute approximate surface area is 227 Å². The Morgan fingerprint density at radius 1 is 1.06 bits per heavy atom.